The maximum atomic E-state index is 13.3. The number of esters is 1. The number of carbonyl (C=O) groups is 1. The number of halogens is 3. The quantitative estimate of drug-likeness (QED) is 0.456. The first-order valence-electron chi connectivity index (χ1n) is 8.50. The molecule has 150 valence electrons. The summed E-state index contributed by atoms with van der Waals surface area (Å²) in [6.07, 6.45) is -1.76. The summed E-state index contributed by atoms with van der Waals surface area (Å²) in [5, 5.41) is 3.75. The van der Waals surface area contributed by atoms with Gasteiger partial charge < -0.3 is 9.47 Å². The van der Waals surface area contributed by atoms with Gasteiger partial charge in [0.05, 0.1) is 25.6 Å². The van der Waals surface area contributed by atoms with Gasteiger partial charge in [0.15, 0.2) is 5.69 Å². The standard InChI is InChI=1S/C21H17F3N2O3/c1-28-17-10-8-16(9-11-17)26-18(13-19(25-26)21(22,23)24)15-6-3-14(4-7-15)5-12-20(27)29-2/h3-13H,1-2H3. The minimum Gasteiger partial charge on any atom is -0.497 e. The second-order valence-electron chi connectivity index (χ2n) is 6.00. The Kier molecular flexibility index (Phi) is 5.72. The van der Waals surface area contributed by atoms with Crippen molar-refractivity contribution in [3.63, 3.8) is 0 Å². The van der Waals surface area contributed by atoms with Gasteiger partial charge in [-0.05, 0) is 42.0 Å². The van der Waals surface area contributed by atoms with Crippen molar-refractivity contribution >= 4 is 12.0 Å². The number of ether oxygens (including phenoxy) is 2. The summed E-state index contributed by atoms with van der Waals surface area (Å²) in [5.41, 5.74) is 1.000. The van der Waals surface area contributed by atoms with Crippen molar-refractivity contribution in [2.75, 3.05) is 14.2 Å². The van der Waals surface area contributed by atoms with Crippen LogP contribution in [0.25, 0.3) is 23.0 Å². The lowest BCUT2D eigenvalue weighted by Crippen LogP contribution is -2.07. The van der Waals surface area contributed by atoms with Crippen molar-refractivity contribution in [3.05, 3.63) is 71.9 Å². The van der Waals surface area contributed by atoms with Gasteiger partial charge in [-0.1, -0.05) is 24.3 Å². The molecule has 1 aromatic heterocycles. The minimum absolute atomic E-state index is 0.283. The normalized spacial score (nSPS) is 11.6. The second kappa shape index (κ2) is 8.22. The molecular formula is C21H17F3N2O3. The molecule has 3 aromatic rings. The molecule has 8 heteroatoms. The first-order chi connectivity index (χ1) is 13.8. The number of benzene rings is 2. The highest BCUT2D eigenvalue weighted by Crippen LogP contribution is 2.33. The van der Waals surface area contributed by atoms with Crippen LogP contribution in [0.1, 0.15) is 11.3 Å². The Bertz CT molecular complexity index is 1020. The molecule has 0 N–H and O–H groups in total. The largest absolute Gasteiger partial charge is 0.497 e. The highest BCUT2D eigenvalue weighted by atomic mass is 19.4. The second-order valence-corrected chi connectivity index (χ2v) is 6.00. The lowest BCUT2D eigenvalue weighted by molar-refractivity contribution is -0.141. The lowest BCUT2D eigenvalue weighted by Gasteiger charge is -2.09. The Labute approximate surface area is 165 Å². The predicted molar refractivity (Wildman–Crippen MR) is 102 cm³/mol. The molecule has 29 heavy (non-hydrogen) atoms. The molecule has 0 bridgehead atoms. The molecule has 0 aliphatic rings. The van der Waals surface area contributed by atoms with Gasteiger partial charge in [0, 0.05) is 11.6 Å². The number of hydrogen-bond acceptors (Lipinski definition) is 4. The molecule has 0 aliphatic heterocycles. The van der Waals surface area contributed by atoms with Gasteiger partial charge >= 0.3 is 12.1 Å². The van der Waals surface area contributed by atoms with Gasteiger partial charge in [-0.2, -0.15) is 18.3 Å². The monoisotopic (exact) mass is 402 g/mol. The van der Waals surface area contributed by atoms with Crippen molar-refractivity contribution < 1.29 is 27.4 Å². The van der Waals surface area contributed by atoms with Crippen LogP contribution in [0, 0.1) is 0 Å². The molecule has 0 fully saturated rings. The van der Waals surface area contributed by atoms with Gasteiger partial charge in [0.1, 0.15) is 5.75 Å². The third kappa shape index (κ3) is 4.66. The molecule has 0 spiro atoms. The zero-order valence-corrected chi connectivity index (χ0v) is 15.6. The summed E-state index contributed by atoms with van der Waals surface area (Å²) >= 11 is 0. The van der Waals surface area contributed by atoms with Gasteiger partial charge in [-0.15, -0.1) is 0 Å². The van der Waals surface area contributed by atoms with Gasteiger partial charge in [0.25, 0.3) is 0 Å². The van der Waals surface area contributed by atoms with Crippen LogP contribution in [-0.4, -0.2) is 30.0 Å². The fourth-order valence-corrected chi connectivity index (χ4v) is 2.64. The maximum Gasteiger partial charge on any atom is 0.435 e. The molecule has 0 radical (unpaired) electrons. The SMILES string of the molecule is COC(=O)C=Cc1ccc(-c2cc(C(F)(F)F)nn2-c2ccc(OC)cc2)cc1. The summed E-state index contributed by atoms with van der Waals surface area (Å²) in [6, 6.07) is 14.3. The van der Waals surface area contributed by atoms with E-state index in [1.54, 1.807) is 54.6 Å². The number of hydrogen-bond donors (Lipinski definition) is 0. The molecule has 5 nitrogen and oxygen atoms in total. The lowest BCUT2D eigenvalue weighted by atomic mass is 10.1. The van der Waals surface area contributed by atoms with E-state index in [0.717, 1.165) is 6.07 Å². The van der Waals surface area contributed by atoms with E-state index in [1.807, 2.05) is 0 Å². The summed E-state index contributed by atoms with van der Waals surface area (Å²) in [5.74, 6) is 0.0849. The van der Waals surface area contributed by atoms with Crippen LogP contribution < -0.4 is 4.74 Å². The number of carbonyl (C=O) groups excluding carboxylic acids is 1. The fourth-order valence-electron chi connectivity index (χ4n) is 2.64. The van der Waals surface area contributed by atoms with Crippen LogP contribution in [0.4, 0.5) is 13.2 Å². The summed E-state index contributed by atoms with van der Waals surface area (Å²) in [7, 11) is 2.78. The van der Waals surface area contributed by atoms with Crippen molar-refractivity contribution in [1.29, 1.82) is 0 Å². The fraction of sp³-hybridized carbons (Fsp3) is 0.143. The zero-order chi connectivity index (χ0) is 21.0. The Morgan fingerprint density at radius 3 is 2.24 bits per heavy atom. The van der Waals surface area contributed by atoms with E-state index in [-0.39, 0.29) is 5.69 Å². The Balaban J connectivity index is 2.02. The first-order valence-corrected chi connectivity index (χ1v) is 8.50. The third-order valence-corrected chi connectivity index (χ3v) is 4.14. The van der Waals surface area contributed by atoms with Gasteiger partial charge in [-0.25, -0.2) is 9.48 Å². The topological polar surface area (TPSA) is 53.3 Å². The van der Waals surface area contributed by atoms with Crippen molar-refractivity contribution in [2.24, 2.45) is 0 Å². The summed E-state index contributed by atoms with van der Waals surface area (Å²) in [6.45, 7) is 0. The van der Waals surface area contributed by atoms with E-state index in [4.69, 9.17) is 4.74 Å². The van der Waals surface area contributed by atoms with E-state index >= 15 is 0 Å². The molecule has 0 aliphatic carbocycles. The molecule has 0 amide bonds. The molecule has 0 unspecified atom stereocenters. The van der Waals surface area contributed by atoms with Crippen LogP contribution in [0.15, 0.2) is 60.7 Å². The molecule has 0 saturated carbocycles. The highest BCUT2D eigenvalue weighted by molar-refractivity contribution is 5.87. The minimum atomic E-state index is -4.57. The molecule has 0 saturated heterocycles. The summed E-state index contributed by atoms with van der Waals surface area (Å²) < 4.78 is 50.6. The number of rotatable bonds is 5. The third-order valence-electron chi connectivity index (χ3n) is 4.14. The smallest absolute Gasteiger partial charge is 0.435 e. The van der Waals surface area contributed by atoms with E-state index in [0.29, 0.717) is 22.6 Å². The van der Waals surface area contributed by atoms with E-state index in [2.05, 4.69) is 9.84 Å². The molecule has 2 aromatic carbocycles. The first kappa shape index (κ1) is 20.2. The number of aromatic nitrogens is 2. The van der Waals surface area contributed by atoms with E-state index in [9.17, 15) is 18.0 Å². The van der Waals surface area contributed by atoms with E-state index < -0.39 is 17.8 Å². The average molecular weight is 402 g/mol. The maximum absolute atomic E-state index is 13.3. The van der Waals surface area contributed by atoms with Gasteiger partial charge in [0.2, 0.25) is 0 Å². The Hall–Kier alpha value is -3.55. The Morgan fingerprint density at radius 2 is 1.69 bits per heavy atom. The van der Waals surface area contributed by atoms with Crippen molar-refractivity contribution in [3.8, 4) is 22.7 Å². The number of methoxy groups -OCH3 is 2. The highest BCUT2D eigenvalue weighted by Gasteiger charge is 2.35. The van der Waals surface area contributed by atoms with Crippen LogP contribution in [0.2, 0.25) is 0 Å². The average Bonchev–Trinajstić information content (AvgIpc) is 3.18. The van der Waals surface area contributed by atoms with Crippen LogP contribution in [0.3, 0.4) is 0 Å². The molecular weight excluding hydrogens is 385 g/mol. The molecule has 1 heterocycles. The summed E-state index contributed by atoms with van der Waals surface area (Å²) in [4.78, 5) is 11.2. The van der Waals surface area contributed by atoms with Crippen molar-refractivity contribution in [2.45, 2.75) is 6.18 Å². The molecule has 3 rings (SSSR count). The van der Waals surface area contributed by atoms with Crippen LogP contribution >= 0.6 is 0 Å². The van der Waals surface area contributed by atoms with Crippen molar-refractivity contribution in [1.82, 2.24) is 9.78 Å². The number of nitrogens with zero attached hydrogens (tertiary/aromatic N) is 2. The zero-order valence-electron chi connectivity index (χ0n) is 15.6. The Morgan fingerprint density at radius 1 is 1.03 bits per heavy atom. The van der Waals surface area contributed by atoms with Gasteiger partial charge in [-0.3, -0.25) is 0 Å². The van der Waals surface area contributed by atoms with E-state index in [1.165, 1.54) is 25.0 Å². The van der Waals surface area contributed by atoms with Crippen LogP contribution in [0.5, 0.6) is 5.75 Å². The predicted octanol–water partition coefficient (Wildman–Crippen LogP) is 4.75. The number of alkyl halides is 3. The molecule has 0 atom stereocenters. The van der Waals surface area contributed by atoms with Crippen LogP contribution in [-0.2, 0) is 15.7 Å².